The smallest absolute Gasteiger partial charge is 0.255 e. The summed E-state index contributed by atoms with van der Waals surface area (Å²) in [6.07, 6.45) is 1.35. The Morgan fingerprint density at radius 3 is 2.65 bits per heavy atom. The zero-order valence-corrected chi connectivity index (χ0v) is 18.2. The Morgan fingerprint density at radius 2 is 1.90 bits per heavy atom. The summed E-state index contributed by atoms with van der Waals surface area (Å²) in [5.41, 5.74) is 0.632. The van der Waals surface area contributed by atoms with Crippen LogP contribution in [0.25, 0.3) is 0 Å². The molecule has 1 fully saturated rings. The lowest BCUT2D eigenvalue weighted by molar-refractivity contribution is 0.0672. The van der Waals surface area contributed by atoms with Gasteiger partial charge in [-0.05, 0) is 47.1 Å². The highest BCUT2D eigenvalue weighted by Gasteiger charge is 2.29. The highest BCUT2D eigenvalue weighted by atomic mass is 79.9. The van der Waals surface area contributed by atoms with E-state index in [-0.39, 0.29) is 23.6 Å². The summed E-state index contributed by atoms with van der Waals surface area (Å²) in [5.74, 6) is -0.973. The van der Waals surface area contributed by atoms with E-state index in [1.807, 2.05) is 34.9 Å². The molecule has 2 aromatic carbocycles. The van der Waals surface area contributed by atoms with Crippen molar-refractivity contribution in [2.45, 2.75) is 13.0 Å². The van der Waals surface area contributed by atoms with E-state index in [1.54, 1.807) is 12.1 Å². The molecule has 0 radical (unpaired) electrons. The van der Waals surface area contributed by atoms with Crippen LogP contribution >= 0.6 is 15.9 Å². The van der Waals surface area contributed by atoms with Gasteiger partial charge in [-0.15, -0.1) is 0 Å². The first-order valence-electron chi connectivity index (χ1n) is 9.68. The third-order valence-corrected chi connectivity index (χ3v) is 5.75. The van der Waals surface area contributed by atoms with Crippen molar-refractivity contribution in [1.29, 1.82) is 0 Å². The molecule has 0 aliphatic carbocycles. The molecule has 0 saturated carbocycles. The van der Waals surface area contributed by atoms with Crippen molar-refractivity contribution in [3.8, 4) is 11.6 Å². The lowest BCUT2D eigenvalue weighted by Crippen LogP contribution is -2.54. The fraction of sp³-hybridized carbons (Fsp3) is 0.227. The van der Waals surface area contributed by atoms with Gasteiger partial charge in [0.05, 0.1) is 5.56 Å². The van der Waals surface area contributed by atoms with E-state index < -0.39 is 11.6 Å². The number of hydrogen-bond acceptors (Lipinski definition) is 5. The van der Waals surface area contributed by atoms with E-state index in [4.69, 9.17) is 4.74 Å². The van der Waals surface area contributed by atoms with Crippen molar-refractivity contribution in [3.05, 3.63) is 76.5 Å². The van der Waals surface area contributed by atoms with Crippen LogP contribution in [0, 0.1) is 11.6 Å². The Morgan fingerprint density at radius 1 is 1.10 bits per heavy atom. The summed E-state index contributed by atoms with van der Waals surface area (Å²) >= 11 is 3.44. The van der Waals surface area contributed by atoms with Gasteiger partial charge in [0.2, 0.25) is 5.88 Å². The molecule has 1 aromatic heterocycles. The number of aromatic nitrogens is 2. The second-order valence-electron chi connectivity index (χ2n) is 7.17. The number of anilines is 1. The van der Waals surface area contributed by atoms with Crippen LogP contribution in [0.3, 0.4) is 0 Å². The third kappa shape index (κ3) is 4.66. The van der Waals surface area contributed by atoms with Crippen molar-refractivity contribution < 1.29 is 18.3 Å². The van der Waals surface area contributed by atoms with Crippen molar-refractivity contribution in [3.63, 3.8) is 0 Å². The quantitative estimate of drug-likeness (QED) is 0.534. The standard InChI is InChI=1S/C22H19BrF2N4O2/c1-14-12-28(8-9-29(14)22(30)16-4-2-3-5-17(16)23)20-11-21(27-13-26-20)31-15-6-7-18(24)19(25)10-15/h2-7,10-11,13-14H,8-9,12H2,1H3/t14-/m1/s1. The number of nitrogens with zero attached hydrogens (tertiary/aromatic N) is 4. The van der Waals surface area contributed by atoms with Crippen LogP contribution < -0.4 is 9.64 Å². The lowest BCUT2D eigenvalue weighted by Gasteiger charge is -2.40. The van der Waals surface area contributed by atoms with Crippen LogP contribution in [-0.2, 0) is 0 Å². The van der Waals surface area contributed by atoms with Gasteiger partial charge in [-0.3, -0.25) is 4.79 Å². The van der Waals surface area contributed by atoms with Gasteiger partial charge in [0.25, 0.3) is 5.91 Å². The van der Waals surface area contributed by atoms with Crippen LogP contribution in [0.4, 0.5) is 14.6 Å². The number of halogens is 3. The summed E-state index contributed by atoms with van der Waals surface area (Å²) < 4.78 is 32.8. The number of carbonyl (C=O) groups is 1. The zero-order valence-electron chi connectivity index (χ0n) is 16.6. The topological polar surface area (TPSA) is 58.6 Å². The summed E-state index contributed by atoms with van der Waals surface area (Å²) in [6.45, 7) is 3.69. The molecular formula is C22H19BrF2N4O2. The lowest BCUT2D eigenvalue weighted by atomic mass is 10.1. The number of piperazine rings is 1. The maximum Gasteiger partial charge on any atom is 0.255 e. The maximum absolute atomic E-state index is 13.4. The van der Waals surface area contributed by atoms with Crippen LogP contribution in [0.5, 0.6) is 11.6 Å². The van der Waals surface area contributed by atoms with Crippen molar-refractivity contribution in [1.82, 2.24) is 14.9 Å². The van der Waals surface area contributed by atoms with E-state index >= 15 is 0 Å². The Hall–Kier alpha value is -3.07. The van der Waals surface area contributed by atoms with Crippen molar-refractivity contribution in [2.75, 3.05) is 24.5 Å². The summed E-state index contributed by atoms with van der Waals surface area (Å²) in [6, 6.07) is 12.3. The largest absolute Gasteiger partial charge is 0.439 e. The fourth-order valence-corrected chi connectivity index (χ4v) is 3.93. The number of hydrogen-bond donors (Lipinski definition) is 0. The molecule has 4 rings (SSSR count). The van der Waals surface area contributed by atoms with Crippen LogP contribution in [0.1, 0.15) is 17.3 Å². The van der Waals surface area contributed by atoms with Gasteiger partial charge in [-0.1, -0.05) is 12.1 Å². The molecule has 0 unspecified atom stereocenters. The second-order valence-corrected chi connectivity index (χ2v) is 8.02. The molecule has 9 heteroatoms. The SMILES string of the molecule is C[C@@H]1CN(c2cc(Oc3ccc(F)c(F)c3)ncn2)CCN1C(=O)c1ccccc1Br. The molecule has 3 aromatic rings. The number of amides is 1. The van der Waals surface area contributed by atoms with Gasteiger partial charge < -0.3 is 14.5 Å². The molecule has 1 aliphatic heterocycles. The fourth-order valence-electron chi connectivity index (χ4n) is 3.48. The molecule has 1 saturated heterocycles. The van der Waals surface area contributed by atoms with Crippen LogP contribution in [0.15, 0.2) is 59.3 Å². The van der Waals surface area contributed by atoms with E-state index in [0.717, 1.165) is 16.6 Å². The van der Waals surface area contributed by atoms with Gasteiger partial charge in [-0.25, -0.2) is 18.7 Å². The second kappa shape index (κ2) is 8.97. The summed E-state index contributed by atoms with van der Waals surface area (Å²) in [7, 11) is 0. The molecule has 160 valence electrons. The minimum absolute atomic E-state index is 0.0235. The molecule has 2 heterocycles. The van der Waals surface area contributed by atoms with Crippen LogP contribution in [0.2, 0.25) is 0 Å². The molecule has 0 N–H and O–H groups in total. The molecule has 0 spiro atoms. The first-order chi connectivity index (χ1) is 14.9. The number of benzene rings is 2. The van der Waals surface area contributed by atoms with Gasteiger partial charge in [0.15, 0.2) is 11.6 Å². The van der Waals surface area contributed by atoms with E-state index in [0.29, 0.717) is 31.0 Å². The Bertz CT molecular complexity index is 1110. The molecule has 1 amide bonds. The number of carbonyl (C=O) groups excluding carboxylic acids is 1. The van der Waals surface area contributed by atoms with Crippen molar-refractivity contribution >= 4 is 27.7 Å². The monoisotopic (exact) mass is 488 g/mol. The van der Waals surface area contributed by atoms with Gasteiger partial charge in [-0.2, -0.15) is 0 Å². The van der Waals surface area contributed by atoms with Gasteiger partial charge >= 0.3 is 0 Å². The molecule has 6 nitrogen and oxygen atoms in total. The minimum atomic E-state index is -0.994. The zero-order chi connectivity index (χ0) is 22.0. The molecule has 1 aliphatic rings. The number of ether oxygens (including phenoxy) is 1. The maximum atomic E-state index is 13.4. The predicted octanol–water partition coefficient (Wildman–Crippen LogP) is 4.66. The first kappa shape index (κ1) is 21.2. The Kier molecular flexibility index (Phi) is 6.13. The molecule has 0 bridgehead atoms. The highest BCUT2D eigenvalue weighted by Crippen LogP contribution is 2.26. The average Bonchev–Trinajstić information content (AvgIpc) is 2.76. The Balaban J connectivity index is 1.45. The predicted molar refractivity (Wildman–Crippen MR) is 115 cm³/mol. The van der Waals surface area contributed by atoms with Crippen LogP contribution in [-0.4, -0.2) is 46.5 Å². The number of rotatable bonds is 4. The first-order valence-corrected chi connectivity index (χ1v) is 10.5. The van der Waals surface area contributed by atoms with E-state index in [9.17, 15) is 13.6 Å². The molecule has 1 atom stereocenters. The van der Waals surface area contributed by atoms with Gasteiger partial charge in [0, 0.05) is 42.3 Å². The average molecular weight is 489 g/mol. The van der Waals surface area contributed by atoms with E-state index in [2.05, 4.69) is 25.9 Å². The molecular weight excluding hydrogens is 470 g/mol. The summed E-state index contributed by atoms with van der Waals surface area (Å²) in [5, 5.41) is 0. The van der Waals surface area contributed by atoms with Crippen molar-refractivity contribution in [2.24, 2.45) is 0 Å². The normalized spacial score (nSPS) is 16.3. The Labute approximate surface area is 186 Å². The minimum Gasteiger partial charge on any atom is -0.439 e. The summed E-state index contributed by atoms with van der Waals surface area (Å²) in [4.78, 5) is 25.2. The highest BCUT2D eigenvalue weighted by molar-refractivity contribution is 9.10. The third-order valence-electron chi connectivity index (χ3n) is 5.06. The van der Waals surface area contributed by atoms with Gasteiger partial charge in [0.1, 0.15) is 17.9 Å². The van der Waals surface area contributed by atoms with E-state index in [1.165, 1.54) is 12.4 Å². The molecule has 31 heavy (non-hydrogen) atoms.